The molecule has 1 amide bonds. The summed E-state index contributed by atoms with van der Waals surface area (Å²) >= 11 is 0. The molecule has 1 aromatic rings. The zero-order chi connectivity index (χ0) is 11.5. The van der Waals surface area contributed by atoms with Crippen LogP contribution in [-0.4, -0.2) is 22.1 Å². The maximum Gasteiger partial charge on any atom is 0.246 e. The lowest BCUT2D eigenvalue weighted by Crippen LogP contribution is -2.32. The molecular weight excluding hydrogens is 208 g/mol. The summed E-state index contributed by atoms with van der Waals surface area (Å²) in [6.45, 7) is 2.01. The van der Waals surface area contributed by atoms with Crippen LogP contribution in [0.1, 0.15) is 31.0 Å². The highest BCUT2D eigenvalue weighted by Crippen LogP contribution is 2.32. The highest BCUT2D eigenvalue weighted by Gasteiger charge is 2.29. The lowest BCUT2D eigenvalue weighted by atomic mass is 10.1. The molecule has 0 saturated heterocycles. The van der Waals surface area contributed by atoms with Gasteiger partial charge in [0, 0.05) is 12.5 Å². The molecule has 2 rings (SSSR count). The summed E-state index contributed by atoms with van der Waals surface area (Å²) in [5.74, 6) is 1.47. The molecule has 1 aliphatic carbocycles. The average Bonchev–Trinajstić information content (AvgIpc) is 3.00. The van der Waals surface area contributed by atoms with Crippen LogP contribution in [0.4, 0.5) is 0 Å². The normalized spacial score (nSPS) is 17.1. The molecule has 0 spiro atoms. The van der Waals surface area contributed by atoms with E-state index in [1.165, 1.54) is 0 Å². The van der Waals surface area contributed by atoms with E-state index in [2.05, 4.69) is 15.5 Å². The summed E-state index contributed by atoms with van der Waals surface area (Å²) < 4.78 is 4.87. The van der Waals surface area contributed by atoms with Gasteiger partial charge in [-0.1, -0.05) is 5.16 Å². The molecule has 6 nitrogen and oxygen atoms in total. The Balaban J connectivity index is 1.70. The lowest BCUT2D eigenvalue weighted by Gasteiger charge is -2.08. The molecular formula is C10H16N4O2. The summed E-state index contributed by atoms with van der Waals surface area (Å²) in [6, 6.07) is -0.00980. The van der Waals surface area contributed by atoms with Crippen molar-refractivity contribution in [1.29, 1.82) is 0 Å². The third-order valence-corrected chi connectivity index (χ3v) is 2.66. The van der Waals surface area contributed by atoms with Gasteiger partial charge >= 0.3 is 0 Å². The average molecular weight is 224 g/mol. The summed E-state index contributed by atoms with van der Waals surface area (Å²) in [5.41, 5.74) is 5.84. The molecule has 0 bridgehead atoms. The van der Waals surface area contributed by atoms with E-state index >= 15 is 0 Å². The molecule has 3 N–H and O–H groups in total. The van der Waals surface area contributed by atoms with Crippen molar-refractivity contribution in [2.45, 2.75) is 38.8 Å². The van der Waals surface area contributed by atoms with E-state index in [0.29, 0.717) is 24.1 Å². The van der Waals surface area contributed by atoms with Crippen LogP contribution in [0, 0.1) is 12.8 Å². The minimum atomic E-state index is -0.0600. The Hall–Kier alpha value is -1.43. The molecule has 1 fully saturated rings. The number of hydrogen-bond donors (Lipinski definition) is 2. The Labute approximate surface area is 93.6 Å². The van der Waals surface area contributed by atoms with E-state index in [4.69, 9.17) is 10.3 Å². The molecule has 0 radical (unpaired) electrons. The minimum absolute atomic E-state index is 0.00980. The molecule has 16 heavy (non-hydrogen) atoms. The first-order valence-electron chi connectivity index (χ1n) is 5.46. The first kappa shape index (κ1) is 11.1. The van der Waals surface area contributed by atoms with E-state index < -0.39 is 0 Å². The molecule has 88 valence electrons. The van der Waals surface area contributed by atoms with Crippen LogP contribution in [0.5, 0.6) is 0 Å². The molecule has 1 heterocycles. The van der Waals surface area contributed by atoms with Crippen molar-refractivity contribution in [3.8, 4) is 0 Å². The zero-order valence-corrected chi connectivity index (χ0v) is 9.27. The van der Waals surface area contributed by atoms with Gasteiger partial charge in [0.15, 0.2) is 5.82 Å². The van der Waals surface area contributed by atoms with Crippen LogP contribution in [0.15, 0.2) is 4.52 Å². The van der Waals surface area contributed by atoms with Gasteiger partial charge < -0.3 is 15.6 Å². The molecule has 1 atom stereocenters. The Kier molecular flexibility index (Phi) is 3.19. The van der Waals surface area contributed by atoms with Gasteiger partial charge in [0.1, 0.15) is 0 Å². The van der Waals surface area contributed by atoms with Crippen molar-refractivity contribution in [2.24, 2.45) is 11.7 Å². The van der Waals surface area contributed by atoms with Crippen molar-refractivity contribution in [3.05, 3.63) is 11.7 Å². The smallest absolute Gasteiger partial charge is 0.246 e. The second kappa shape index (κ2) is 4.61. The van der Waals surface area contributed by atoms with Crippen molar-refractivity contribution >= 4 is 5.91 Å². The maximum absolute atomic E-state index is 11.5. The molecule has 0 aliphatic heterocycles. The third-order valence-electron chi connectivity index (χ3n) is 2.66. The van der Waals surface area contributed by atoms with E-state index in [0.717, 1.165) is 12.8 Å². The van der Waals surface area contributed by atoms with Gasteiger partial charge in [-0.2, -0.15) is 4.98 Å². The molecule has 1 unspecified atom stereocenters. The Morgan fingerprint density at radius 2 is 2.44 bits per heavy atom. The topological polar surface area (TPSA) is 94.0 Å². The van der Waals surface area contributed by atoms with Gasteiger partial charge in [-0.3, -0.25) is 4.79 Å². The fourth-order valence-corrected chi connectivity index (χ4v) is 1.56. The van der Waals surface area contributed by atoms with Crippen LogP contribution in [-0.2, 0) is 11.3 Å². The van der Waals surface area contributed by atoms with Crippen LogP contribution in [0.2, 0.25) is 0 Å². The van der Waals surface area contributed by atoms with E-state index in [9.17, 15) is 4.79 Å². The standard InChI is InChI=1S/C10H16N4O2/c1-6-13-10(16-14-6)5-12-9(15)4-8(11)7-2-3-7/h7-8H,2-5,11H2,1H3,(H,12,15). The van der Waals surface area contributed by atoms with Gasteiger partial charge in [-0.25, -0.2) is 0 Å². The predicted molar refractivity (Wildman–Crippen MR) is 56.2 cm³/mol. The van der Waals surface area contributed by atoms with E-state index in [1.807, 2.05) is 0 Å². The second-order valence-corrected chi connectivity index (χ2v) is 4.22. The van der Waals surface area contributed by atoms with E-state index in [-0.39, 0.29) is 18.5 Å². The monoisotopic (exact) mass is 224 g/mol. The van der Waals surface area contributed by atoms with Gasteiger partial charge in [-0.15, -0.1) is 0 Å². The number of amides is 1. The van der Waals surface area contributed by atoms with Crippen molar-refractivity contribution in [1.82, 2.24) is 15.5 Å². The SMILES string of the molecule is Cc1noc(CNC(=O)CC(N)C2CC2)n1. The highest BCUT2D eigenvalue weighted by atomic mass is 16.5. The van der Waals surface area contributed by atoms with Crippen LogP contribution < -0.4 is 11.1 Å². The first-order valence-corrected chi connectivity index (χ1v) is 5.46. The molecule has 1 aliphatic rings. The number of nitrogens with one attached hydrogen (secondary N) is 1. The quantitative estimate of drug-likeness (QED) is 0.741. The van der Waals surface area contributed by atoms with Gasteiger partial charge in [0.2, 0.25) is 11.8 Å². The van der Waals surface area contributed by atoms with Crippen molar-refractivity contribution < 1.29 is 9.32 Å². The van der Waals surface area contributed by atoms with Crippen molar-refractivity contribution in [3.63, 3.8) is 0 Å². The number of aryl methyl sites for hydroxylation is 1. The molecule has 0 aromatic carbocycles. The minimum Gasteiger partial charge on any atom is -0.347 e. The van der Waals surface area contributed by atoms with Crippen LogP contribution >= 0.6 is 0 Å². The largest absolute Gasteiger partial charge is 0.347 e. The van der Waals surface area contributed by atoms with Gasteiger partial charge in [0.05, 0.1) is 6.54 Å². The fraction of sp³-hybridized carbons (Fsp3) is 0.700. The maximum atomic E-state index is 11.5. The zero-order valence-electron chi connectivity index (χ0n) is 9.27. The highest BCUT2D eigenvalue weighted by molar-refractivity contribution is 5.76. The Bertz CT molecular complexity index is 373. The molecule has 1 saturated carbocycles. The number of nitrogens with two attached hydrogens (primary N) is 1. The Morgan fingerprint density at radius 1 is 1.69 bits per heavy atom. The fourth-order valence-electron chi connectivity index (χ4n) is 1.56. The number of carbonyl (C=O) groups excluding carboxylic acids is 1. The summed E-state index contributed by atoms with van der Waals surface area (Å²) in [4.78, 5) is 15.5. The van der Waals surface area contributed by atoms with Crippen LogP contribution in [0.25, 0.3) is 0 Å². The summed E-state index contributed by atoms with van der Waals surface area (Å²) in [7, 11) is 0. The second-order valence-electron chi connectivity index (χ2n) is 4.22. The summed E-state index contributed by atoms with van der Waals surface area (Å²) in [6.07, 6.45) is 2.67. The van der Waals surface area contributed by atoms with Gasteiger partial charge in [0.25, 0.3) is 0 Å². The predicted octanol–water partition coefficient (Wildman–Crippen LogP) is 0.122. The number of rotatable bonds is 5. The van der Waals surface area contributed by atoms with Crippen molar-refractivity contribution in [2.75, 3.05) is 0 Å². The number of nitrogens with zero attached hydrogens (tertiary/aromatic N) is 2. The third kappa shape index (κ3) is 3.03. The molecule has 6 heteroatoms. The number of hydrogen-bond acceptors (Lipinski definition) is 5. The van der Waals surface area contributed by atoms with Gasteiger partial charge in [-0.05, 0) is 25.7 Å². The number of carbonyl (C=O) groups is 1. The lowest BCUT2D eigenvalue weighted by molar-refractivity contribution is -0.121. The first-order chi connectivity index (χ1) is 7.65. The summed E-state index contributed by atoms with van der Waals surface area (Å²) in [5, 5.41) is 6.34. The number of aromatic nitrogens is 2. The molecule has 1 aromatic heterocycles. The van der Waals surface area contributed by atoms with E-state index in [1.54, 1.807) is 6.92 Å². The Morgan fingerprint density at radius 3 is 3.00 bits per heavy atom. The van der Waals surface area contributed by atoms with Crippen LogP contribution in [0.3, 0.4) is 0 Å².